The van der Waals surface area contributed by atoms with Gasteiger partial charge in [-0.2, -0.15) is 0 Å². The van der Waals surface area contributed by atoms with Crippen molar-refractivity contribution >= 4 is 21.9 Å². The van der Waals surface area contributed by atoms with Crippen LogP contribution in [0.2, 0.25) is 0 Å². The van der Waals surface area contributed by atoms with Crippen LogP contribution in [0.5, 0.6) is 0 Å². The Morgan fingerprint density at radius 2 is 1.86 bits per heavy atom. The minimum Gasteiger partial charge on any atom is -0.481 e. The molecule has 0 aliphatic rings. The number of carboxylic acid groups (broad SMARTS) is 1. The van der Waals surface area contributed by atoms with E-state index >= 15 is 0 Å². The summed E-state index contributed by atoms with van der Waals surface area (Å²) in [6.45, 7) is 1.37. The van der Waals surface area contributed by atoms with E-state index in [9.17, 15) is 13.6 Å². The second kappa shape index (κ2) is 4.04. The number of halogens is 3. The smallest absolute Gasteiger partial charge is 0.310 e. The number of carboxylic acids is 1. The maximum absolute atomic E-state index is 13.0. The molecule has 0 spiro atoms. The third-order valence-corrected chi connectivity index (χ3v) is 2.63. The molecular weight excluding hydrogens is 258 g/mol. The number of aliphatic carboxylic acids is 1. The fourth-order valence-corrected chi connectivity index (χ4v) is 1.20. The van der Waals surface area contributed by atoms with Gasteiger partial charge in [0.1, 0.15) is 11.6 Å². The van der Waals surface area contributed by atoms with Gasteiger partial charge in [-0.05, 0) is 40.5 Å². The van der Waals surface area contributed by atoms with Gasteiger partial charge < -0.3 is 5.11 Å². The van der Waals surface area contributed by atoms with Crippen molar-refractivity contribution in [2.75, 3.05) is 0 Å². The van der Waals surface area contributed by atoms with Gasteiger partial charge in [0.05, 0.1) is 10.4 Å². The molecule has 0 heterocycles. The van der Waals surface area contributed by atoms with E-state index in [1.54, 1.807) is 0 Å². The average molecular weight is 265 g/mol. The van der Waals surface area contributed by atoms with Crippen molar-refractivity contribution in [2.24, 2.45) is 0 Å². The Bertz CT molecular complexity index is 356. The van der Waals surface area contributed by atoms with Gasteiger partial charge in [-0.1, -0.05) is 0 Å². The highest BCUT2D eigenvalue weighted by Crippen LogP contribution is 2.25. The lowest BCUT2D eigenvalue weighted by Crippen LogP contribution is -2.08. The van der Waals surface area contributed by atoms with Gasteiger partial charge in [0.15, 0.2) is 0 Å². The first kappa shape index (κ1) is 11.1. The van der Waals surface area contributed by atoms with Crippen LogP contribution in [0.1, 0.15) is 18.4 Å². The van der Waals surface area contributed by atoms with E-state index in [1.165, 1.54) is 6.92 Å². The van der Waals surface area contributed by atoms with Crippen molar-refractivity contribution in [1.82, 2.24) is 0 Å². The largest absolute Gasteiger partial charge is 0.481 e. The van der Waals surface area contributed by atoms with Gasteiger partial charge in [0.2, 0.25) is 0 Å². The summed E-state index contributed by atoms with van der Waals surface area (Å²) >= 11 is 2.70. The molecule has 0 radical (unpaired) electrons. The van der Waals surface area contributed by atoms with E-state index in [4.69, 9.17) is 5.11 Å². The molecule has 2 nitrogen and oxygen atoms in total. The zero-order chi connectivity index (χ0) is 10.9. The zero-order valence-electron chi connectivity index (χ0n) is 7.22. The predicted octanol–water partition coefficient (Wildman–Crippen LogP) is 2.92. The minimum atomic E-state index is -1.12. The van der Waals surface area contributed by atoms with Crippen LogP contribution in [-0.2, 0) is 4.79 Å². The van der Waals surface area contributed by atoms with Gasteiger partial charge >= 0.3 is 5.97 Å². The van der Waals surface area contributed by atoms with Gasteiger partial charge in [-0.15, -0.1) is 0 Å². The molecule has 1 N–H and O–H groups in total. The van der Waals surface area contributed by atoms with E-state index in [1.807, 2.05) is 0 Å². The third kappa shape index (κ3) is 2.09. The number of benzene rings is 1. The fourth-order valence-electron chi connectivity index (χ4n) is 0.968. The highest BCUT2D eigenvalue weighted by Gasteiger charge is 2.17. The molecule has 0 aromatic heterocycles. The zero-order valence-corrected chi connectivity index (χ0v) is 8.81. The van der Waals surface area contributed by atoms with Crippen LogP contribution in [0.4, 0.5) is 8.78 Å². The van der Waals surface area contributed by atoms with E-state index in [-0.39, 0.29) is 10.0 Å². The normalized spacial score (nSPS) is 12.6. The highest BCUT2D eigenvalue weighted by molar-refractivity contribution is 9.10. The quantitative estimate of drug-likeness (QED) is 0.835. The van der Waals surface area contributed by atoms with Gasteiger partial charge in [-0.25, -0.2) is 8.78 Å². The van der Waals surface area contributed by atoms with Crippen molar-refractivity contribution < 1.29 is 18.7 Å². The Hall–Kier alpha value is -0.970. The van der Waals surface area contributed by atoms with E-state index in [0.29, 0.717) is 0 Å². The molecule has 1 unspecified atom stereocenters. The number of hydrogen-bond donors (Lipinski definition) is 1. The molecule has 0 bridgehead atoms. The molecule has 5 heteroatoms. The summed E-state index contributed by atoms with van der Waals surface area (Å²) in [6, 6.07) is 2.01. The van der Waals surface area contributed by atoms with Crippen molar-refractivity contribution in [3.63, 3.8) is 0 Å². The van der Waals surface area contributed by atoms with Crippen molar-refractivity contribution in [1.29, 1.82) is 0 Å². The molecular formula is C9H7BrF2O2. The Morgan fingerprint density at radius 1 is 1.43 bits per heavy atom. The van der Waals surface area contributed by atoms with Crippen LogP contribution < -0.4 is 0 Å². The molecule has 0 saturated carbocycles. The summed E-state index contributed by atoms with van der Waals surface area (Å²) in [5.41, 5.74) is 0.107. The Balaban J connectivity index is 3.19. The highest BCUT2D eigenvalue weighted by atomic mass is 79.9. The lowest BCUT2D eigenvalue weighted by Gasteiger charge is -2.07. The maximum atomic E-state index is 13.0. The topological polar surface area (TPSA) is 37.3 Å². The van der Waals surface area contributed by atoms with Crippen molar-refractivity contribution in [2.45, 2.75) is 12.8 Å². The molecule has 14 heavy (non-hydrogen) atoms. The molecule has 0 aliphatic heterocycles. The van der Waals surface area contributed by atoms with Crippen LogP contribution in [0.15, 0.2) is 16.6 Å². The molecule has 1 aromatic carbocycles. The molecule has 0 aliphatic carbocycles. The molecule has 1 rings (SSSR count). The Labute approximate surface area is 87.7 Å². The molecule has 0 saturated heterocycles. The first-order valence-electron chi connectivity index (χ1n) is 3.80. The molecule has 0 fully saturated rings. The number of rotatable bonds is 2. The predicted molar refractivity (Wildman–Crippen MR) is 50.1 cm³/mol. The van der Waals surface area contributed by atoms with Crippen LogP contribution >= 0.6 is 15.9 Å². The van der Waals surface area contributed by atoms with E-state index < -0.39 is 23.5 Å². The molecule has 76 valence electrons. The minimum absolute atomic E-state index is 0.107. The average Bonchev–Trinajstić information content (AvgIpc) is 2.12. The van der Waals surface area contributed by atoms with E-state index in [2.05, 4.69) is 15.9 Å². The monoisotopic (exact) mass is 264 g/mol. The Morgan fingerprint density at radius 3 is 2.21 bits per heavy atom. The third-order valence-electron chi connectivity index (χ3n) is 1.88. The summed E-state index contributed by atoms with van der Waals surface area (Å²) in [4.78, 5) is 10.6. The number of carbonyl (C=O) groups is 1. The summed E-state index contributed by atoms with van der Waals surface area (Å²) in [5, 5.41) is 8.63. The van der Waals surface area contributed by atoms with Crippen LogP contribution in [0, 0.1) is 11.6 Å². The fraction of sp³-hybridized carbons (Fsp3) is 0.222. The van der Waals surface area contributed by atoms with Crippen molar-refractivity contribution in [3.05, 3.63) is 33.8 Å². The first-order valence-corrected chi connectivity index (χ1v) is 4.60. The Kier molecular flexibility index (Phi) is 3.21. The van der Waals surface area contributed by atoms with Gasteiger partial charge in [-0.3, -0.25) is 4.79 Å². The summed E-state index contributed by atoms with van der Waals surface area (Å²) in [7, 11) is 0. The van der Waals surface area contributed by atoms with E-state index in [0.717, 1.165) is 12.1 Å². The molecule has 1 aromatic rings. The summed E-state index contributed by atoms with van der Waals surface area (Å²) in [6.07, 6.45) is 0. The molecule has 1 atom stereocenters. The van der Waals surface area contributed by atoms with Gasteiger partial charge in [0, 0.05) is 0 Å². The molecule has 0 amide bonds. The number of hydrogen-bond acceptors (Lipinski definition) is 1. The first-order chi connectivity index (χ1) is 6.43. The van der Waals surface area contributed by atoms with Crippen LogP contribution in [0.25, 0.3) is 0 Å². The van der Waals surface area contributed by atoms with Crippen LogP contribution in [-0.4, -0.2) is 11.1 Å². The lowest BCUT2D eigenvalue weighted by molar-refractivity contribution is -0.138. The van der Waals surface area contributed by atoms with Crippen molar-refractivity contribution in [3.8, 4) is 0 Å². The summed E-state index contributed by atoms with van der Waals surface area (Å²) in [5.74, 6) is -3.64. The second-order valence-electron chi connectivity index (χ2n) is 2.86. The lowest BCUT2D eigenvalue weighted by atomic mass is 10.0. The van der Waals surface area contributed by atoms with Crippen LogP contribution in [0.3, 0.4) is 0 Å². The maximum Gasteiger partial charge on any atom is 0.310 e. The second-order valence-corrected chi connectivity index (χ2v) is 3.65. The SMILES string of the molecule is CC(C(=O)O)c1cc(F)c(Br)c(F)c1. The summed E-state index contributed by atoms with van der Waals surface area (Å²) < 4.78 is 25.7. The van der Waals surface area contributed by atoms with Gasteiger partial charge in [0.25, 0.3) is 0 Å². The standard InChI is InChI=1S/C9H7BrF2O2/c1-4(9(13)14)5-2-6(11)8(10)7(12)3-5/h2-4H,1H3,(H,13,14).